The number of aromatic nitrogens is 2. The van der Waals surface area contributed by atoms with Crippen molar-refractivity contribution in [1.29, 1.82) is 0 Å². The summed E-state index contributed by atoms with van der Waals surface area (Å²) in [7, 11) is 0. The number of nitrogens with zero attached hydrogens (tertiary/aromatic N) is 2. The Morgan fingerprint density at radius 1 is 1.54 bits per heavy atom. The van der Waals surface area contributed by atoms with Gasteiger partial charge in [0.1, 0.15) is 6.61 Å². The molecular formula is C7H10F2N2O2. The Morgan fingerprint density at radius 2 is 2.23 bits per heavy atom. The summed E-state index contributed by atoms with van der Waals surface area (Å²) in [5.41, 5.74) is 0. The van der Waals surface area contributed by atoms with E-state index in [1.165, 1.54) is 6.92 Å². The van der Waals surface area contributed by atoms with Crippen LogP contribution in [0.3, 0.4) is 0 Å². The SMILES string of the molecule is CCC(F)(F)OCc1noc(C)n1. The summed E-state index contributed by atoms with van der Waals surface area (Å²) >= 11 is 0. The van der Waals surface area contributed by atoms with Crippen LogP contribution in [0.2, 0.25) is 0 Å². The number of hydrogen-bond donors (Lipinski definition) is 0. The molecule has 0 fully saturated rings. The highest BCUT2D eigenvalue weighted by molar-refractivity contribution is 4.80. The molecule has 0 aliphatic rings. The normalized spacial score (nSPS) is 12.0. The molecule has 0 amide bonds. The number of aryl methyl sites for hydroxylation is 1. The average Bonchev–Trinajstić information content (AvgIpc) is 2.48. The van der Waals surface area contributed by atoms with E-state index in [1.807, 2.05) is 0 Å². The van der Waals surface area contributed by atoms with Crippen molar-refractivity contribution in [1.82, 2.24) is 10.1 Å². The fourth-order valence-corrected chi connectivity index (χ4v) is 0.672. The van der Waals surface area contributed by atoms with Gasteiger partial charge in [-0.25, -0.2) is 0 Å². The first-order valence-corrected chi connectivity index (χ1v) is 3.84. The van der Waals surface area contributed by atoms with E-state index in [0.717, 1.165) is 0 Å². The minimum absolute atomic E-state index is 0.130. The van der Waals surface area contributed by atoms with Crippen LogP contribution in [-0.4, -0.2) is 16.2 Å². The highest BCUT2D eigenvalue weighted by Crippen LogP contribution is 2.20. The molecule has 0 bridgehead atoms. The molecule has 1 aromatic rings. The minimum Gasteiger partial charge on any atom is -0.340 e. The number of ether oxygens (including phenoxy) is 1. The lowest BCUT2D eigenvalue weighted by Gasteiger charge is -2.12. The van der Waals surface area contributed by atoms with Gasteiger partial charge in [-0.1, -0.05) is 12.1 Å². The van der Waals surface area contributed by atoms with E-state index in [0.29, 0.717) is 5.89 Å². The van der Waals surface area contributed by atoms with Crippen molar-refractivity contribution in [2.45, 2.75) is 33.0 Å². The third-order valence-electron chi connectivity index (χ3n) is 1.39. The summed E-state index contributed by atoms with van der Waals surface area (Å²) in [5.74, 6) is 0.462. The van der Waals surface area contributed by atoms with Crippen LogP contribution < -0.4 is 0 Å². The van der Waals surface area contributed by atoms with Crippen LogP contribution >= 0.6 is 0 Å². The van der Waals surface area contributed by atoms with Crippen LogP contribution in [0.5, 0.6) is 0 Å². The topological polar surface area (TPSA) is 48.2 Å². The van der Waals surface area contributed by atoms with Crippen molar-refractivity contribution < 1.29 is 18.0 Å². The van der Waals surface area contributed by atoms with Crippen LogP contribution in [-0.2, 0) is 11.3 Å². The fraction of sp³-hybridized carbons (Fsp3) is 0.714. The summed E-state index contributed by atoms with van der Waals surface area (Å²) < 4.78 is 33.9. The third kappa shape index (κ3) is 3.06. The van der Waals surface area contributed by atoms with Crippen LogP contribution in [0, 0.1) is 6.92 Å². The Kier molecular flexibility index (Phi) is 2.92. The maximum Gasteiger partial charge on any atom is 0.355 e. The van der Waals surface area contributed by atoms with Crippen molar-refractivity contribution in [2.24, 2.45) is 0 Å². The Hall–Kier alpha value is -1.04. The first kappa shape index (κ1) is 10.0. The molecule has 0 saturated heterocycles. The summed E-state index contributed by atoms with van der Waals surface area (Å²) in [4.78, 5) is 3.71. The highest BCUT2D eigenvalue weighted by Gasteiger charge is 2.27. The fourth-order valence-electron chi connectivity index (χ4n) is 0.672. The predicted octanol–water partition coefficient (Wildman–Crippen LogP) is 1.90. The molecule has 0 radical (unpaired) electrons. The summed E-state index contributed by atoms with van der Waals surface area (Å²) in [6.45, 7) is 2.58. The molecule has 1 aromatic heterocycles. The van der Waals surface area contributed by atoms with E-state index in [9.17, 15) is 8.78 Å². The smallest absolute Gasteiger partial charge is 0.340 e. The Labute approximate surface area is 73.9 Å². The van der Waals surface area contributed by atoms with E-state index in [1.54, 1.807) is 6.92 Å². The lowest BCUT2D eigenvalue weighted by molar-refractivity contribution is -0.247. The van der Waals surface area contributed by atoms with Crippen molar-refractivity contribution in [3.8, 4) is 0 Å². The Morgan fingerprint density at radius 3 is 2.69 bits per heavy atom. The van der Waals surface area contributed by atoms with Gasteiger partial charge in [0.2, 0.25) is 5.89 Å². The monoisotopic (exact) mass is 192 g/mol. The second-order valence-electron chi connectivity index (χ2n) is 2.51. The van der Waals surface area contributed by atoms with Gasteiger partial charge >= 0.3 is 6.11 Å². The van der Waals surface area contributed by atoms with E-state index in [-0.39, 0.29) is 18.9 Å². The first-order valence-electron chi connectivity index (χ1n) is 3.84. The van der Waals surface area contributed by atoms with Crippen LogP contribution in [0.4, 0.5) is 8.78 Å². The Bertz CT molecular complexity index is 275. The molecule has 0 spiro atoms. The minimum atomic E-state index is -3.12. The molecule has 6 heteroatoms. The lowest BCUT2D eigenvalue weighted by atomic mass is 10.4. The van der Waals surface area contributed by atoms with Gasteiger partial charge in [-0.05, 0) is 0 Å². The molecule has 0 aliphatic carbocycles. The standard InChI is InChI=1S/C7H10F2N2O2/c1-3-7(8,9)12-4-6-10-5(2)13-11-6/h3-4H2,1-2H3. The third-order valence-corrected chi connectivity index (χ3v) is 1.39. The zero-order chi connectivity index (χ0) is 9.90. The number of hydrogen-bond acceptors (Lipinski definition) is 4. The average molecular weight is 192 g/mol. The van der Waals surface area contributed by atoms with E-state index >= 15 is 0 Å². The van der Waals surface area contributed by atoms with Crippen LogP contribution in [0.25, 0.3) is 0 Å². The predicted molar refractivity (Wildman–Crippen MR) is 39.1 cm³/mol. The van der Waals surface area contributed by atoms with Gasteiger partial charge in [0.25, 0.3) is 0 Å². The second-order valence-corrected chi connectivity index (χ2v) is 2.51. The van der Waals surface area contributed by atoms with Crippen molar-refractivity contribution in [3.63, 3.8) is 0 Å². The molecule has 0 unspecified atom stereocenters. The lowest BCUT2D eigenvalue weighted by Crippen LogP contribution is -2.19. The van der Waals surface area contributed by atoms with Crippen LogP contribution in [0.15, 0.2) is 4.52 Å². The van der Waals surface area contributed by atoms with Crippen molar-refractivity contribution in [3.05, 3.63) is 11.7 Å². The molecule has 0 atom stereocenters. The first-order chi connectivity index (χ1) is 6.03. The summed E-state index contributed by atoms with van der Waals surface area (Å²) in [6.07, 6.45) is -3.49. The summed E-state index contributed by atoms with van der Waals surface area (Å²) in [6, 6.07) is 0. The van der Waals surface area contributed by atoms with E-state index in [2.05, 4.69) is 19.4 Å². The van der Waals surface area contributed by atoms with Gasteiger partial charge in [0.15, 0.2) is 5.82 Å². The molecule has 0 N–H and O–H groups in total. The van der Waals surface area contributed by atoms with Gasteiger partial charge in [0.05, 0.1) is 0 Å². The van der Waals surface area contributed by atoms with Crippen molar-refractivity contribution in [2.75, 3.05) is 0 Å². The second kappa shape index (κ2) is 3.78. The van der Waals surface area contributed by atoms with Gasteiger partial charge < -0.3 is 9.26 Å². The zero-order valence-electron chi connectivity index (χ0n) is 7.38. The van der Waals surface area contributed by atoms with Gasteiger partial charge in [0, 0.05) is 13.3 Å². The molecular weight excluding hydrogens is 182 g/mol. The highest BCUT2D eigenvalue weighted by atomic mass is 19.3. The molecule has 4 nitrogen and oxygen atoms in total. The molecule has 0 saturated carbocycles. The van der Waals surface area contributed by atoms with E-state index in [4.69, 9.17) is 0 Å². The molecule has 0 aliphatic heterocycles. The van der Waals surface area contributed by atoms with E-state index < -0.39 is 6.11 Å². The van der Waals surface area contributed by atoms with Gasteiger partial charge in [-0.2, -0.15) is 13.8 Å². The van der Waals surface area contributed by atoms with Crippen LogP contribution in [0.1, 0.15) is 25.1 Å². The maximum atomic E-state index is 12.5. The molecule has 13 heavy (non-hydrogen) atoms. The van der Waals surface area contributed by atoms with Gasteiger partial charge in [-0.3, -0.25) is 0 Å². The number of alkyl halides is 2. The quantitative estimate of drug-likeness (QED) is 0.730. The number of rotatable bonds is 4. The summed E-state index contributed by atoms with van der Waals surface area (Å²) in [5, 5.41) is 3.41. The largest absolute Gasteiger partial charge is 0.355 e. The Balaban J connectivity index is 2.43. The maximum absolute atomic E-state index is 12.5. The molecule has 0 aromatic carbocycles. The molecule has 74 valence electrons. The van der Waals surface area contributed by atoms with Crippen molar-refractivity contribution >= 4 is 0 Å². The van der Waals surface area contributed by atoms with Gasteiger partial charge in [-0.15, -0.1) is 0 Å². The zero-order valence-corrected chi connectivity index (χ0v) is 7.38. The number of halogens is 2. The molecule has 1 rings (SSSR count). The molecule has 1 heterocycles.